The van der Waals surface area contributed by atoms with Crippen LogP contribution in [-0.2, 0) is 14.3 Å². The Morgan fingerprint density at radius 3 is 2.53 bits per heavy atom. The van der Waals surface area contributed by atoms with Crippen LogP contribution in [0.2, 0.25) is 5.02 Å². The highest BCUT2D eigenvalue weighted by Crippen LogP contribution is 2.23. The second-order valence-electron chi connectivity index (χ2n) is 7.73. The van der Waals surface area contributed by atoms with E-state index < -0.39 is 6.10 Å². The summed E-state index contributed by atoms with van der Waals surface area (Å²) in [5.41, 5.74) is 0.661. The highest BCUT2D eigenvalue weighted by molar-refractivity contribution is 6.30. The molecule has 2 heterocycles. The lowest BCUT2D eigenvalue weighted by Gasteiger charge is -2.37. The molecule has 0 spiro atoms. The summed E-state index contributed by atoms with van der Waals surface area (Å²) in [6.45, 7) is 1.52. The number of carbonyl (C=O) groups excluding carboxylic acids is 2. The Balaban J connectivity index is 1.37. The van der Waals surface area contributed by atoms with Crippen molar-refractivity contribution in [3.63, 3.8) is 0 Å². The van der Waals surface area contributed by atoms with Gasteiger partial charge >= 0.3 is 6.03 Å². The molecule has 0 aromatic heterocycles. The van der Waals surface area contributed by atoms with E-state index in [9.17, 15) is 14.7 Å². The summed E-state index contributed by atoms with van der Waals surface area (Å²) >= 11 is 5.83. The van der Waals surface area contributed by atoms with E-state index in [1.807, 2.05) is 0 Å². The van der Waals surface area contributed by atoms with Gasteiger partial charge in [0, 0.05) is 36.4 Å². The van der Waals surface area contributed by atoms with Crippen LogP contribution >= 0.6 is 11.6 Å². The predicted molar refractivity (Wildman–Crippen MR) is 114 cm³/mol. The van der Waals surface area contributed by atoms with E-state index in [2.05, 4.69) is 16.0 Å². The molecule has 3 atom stereocenters. The number of carbonyl (C=O) groups is 2. The second kappa shape index (κ2) is 11.5. The van der Waals surface area contributed by atoms with Crippen molar-refractivity contribution in [2.75, 3.05) is 31.7 Å². The van der Waals surface area contributed by atoms with Gasteiger partial charge in [0.25, 0.3) is 0 Å². The normalized spacial score (nSPS) is 24.8. The average molecular weight is 440 g/mol. The Kier molecular flexibility index (Phi) is 8.74. The van der Waals surface area contributed by atoms with Gasteiger partial charge in [-0.15, -0.1) is 0 Å². The maximum absolute atomic E-state index is 12.5. The molecule has 0 unspecified atom stereocenters. The lowest BCUT2D eigenvalue weighted by atomic mass is 9.94. The molecule has 166 valence electrons. The van der Waals surface area contributed by atoms with Crippen LogP contribution in [0.25, 0.3) is 0 Å². The van der Waals surface area contributed by atoms with Gasteiger partial charge in [-0.3, -0.25) is 4.79 Å². The number of anilines is 1. The molecule has 30 heavy (non-hydrogen) atoms. The van der Waals surface area contributed by atoms with E-state index in [0.717, 1.165) is 25.7 Å². The van der Waals surface area contributed by atoms with E-state index in [4.69, 9.17) is 21.1 Å². The first kappa shape index (κ1) is 22.8. The van der Waals surface area contributed by atoms with Crippen molar-refractivity contribution in [1.29, 1.82) is 0 Å². The molecule has 1 aromatic rings. The topological polar surface area (TPSA) is 109 Å². The summed E-state index contributed by atoms with van der Waals surface area (Å²) in [5.74, 6) is -0.0106. The van der Waals surface area contributed by atoms with E-state index in [1.54, 1.807) is 24.3 Å². The SMILES string of the molecule is O=C(NCC[C@H]1CC[C@@H](NC(=O)C2CCOCC2)[C@@H](CO)O1)Nc1ccc(Cl)cc1. The first-order valence-corrected chi connectivity index (χ1v) is 10.9. The van der Waals surface area contributed by atoms with Crippen molar-refractivity contribution >= 4 is 29.2 Å². The average Bonchev–Trinajstić information content (AvgIpc) is 2.77. The van der Waals surface area contributed by atoms with Gasteiger partial charge in [-0.1, -0.05) is 11.6 Å². The van der Waals surface area contributed by atoms with E-state index in [0.29, 0.717) is 36.9 Å². The van der Waals surface area contributed by atoms with Gasteiger partial charge in [-0.05, 0) is 56.4 Å². The van der Waals surface area contributed by atoms with Gasteiger partial charge in [0.15, 0.2) is 0 Å². The zero-order valence-electron chi connectivity index (χ0n) is 16.9. The van der Waals surface area contributed by atoms with Crippen molar-refractivity contribution in [3.05, 3.63) is 29.3 Å². The van der Waals surface area contributed by atoms with Gasteiger partial charge in [0.05, 0.1) is 18.8 Å². The van der Waals surface area contributed by atoms with Crippen LogP contribution in [0.15, 0.2) is 24.3 Å². The number of hydrogen-bond acceptors (Lipinski definition) is 5. The van der Waals surface area contributed by atoms with Crippen LogP contribution in [0.5, 0.6) is 0 Å². The summed E-state index contributed by atoms with van der Waals surface area (Å²) in [6.07, 6.45) is 3.08. The van der Waals surface area contributed by atoms with Gasteiger partial charge in [0.1, 0.15) is 6.10 Å². The molecule has 3 rings (SSSR count). The molecule has 8 nitrogen and oxygen atoms in total. The summed E-state index contributed by atoms with van der Waals surface area (Å²) in [6, 6.07) is 6.38. The largest absolute Gasteiger partial charge is 0.394 e. The summed E-state index contributed by atoms with van der Waals surface area (Å²) in [7, 11) is 0. The number of urea groups is 1. The van der Waals surface area contributed by atoms with Crippen LogP contribution in [0.4, 0.5) is 10.5 Å². The smallest absolute Gasteiger partial charge is 0.319 e. The van der Waals surface area contributed by atoms with E-state index in [1.165, 1.54) is 0 Å². The molecule has 1 aromatic carbocycles. The zero-order valence-corrected chi connectivity index (χ0v) is 17.7. The third-order valence-electron chi connectivity index (χ3n) is 5.57. The Hall–Kier alpha value is -1.87. The highest BCUT2D eigenvalue weighted by atomic mass is 35.5. The highest BCUT2D eigenvalue weighted by Gasteiger charge is 2.33. The number of hydrogen-bond donors (Lipinski definition) is 4. The number of amides is 3. The minimum absolute atomic E-state index is 0.0179. The first-order chi connectivity index (χ1) is 14.5. The maximum atomic E-state index is 12.5. The van der Waals surface area contributed by atoms with Gasteiger partial charge in [-0.2, -0.15) is 0 Å². The summed E-state index contributed by atoms with van der Waals surface area (Å²) < 4.78 is 11.3. The number of aliphatic hydroxyl groups excluding tert-OH is 1. The molecule has 2 aliphatic heterocycles. The molecular formula is C21H30ClN3O5. The molecule has 2 aliphatic rings. The maximum Gasteiger partial charge on any atom is 0.319 e. The molecule has 0 bridgehead atoms. The number of benzene rings is 1. The second-order valence-corrected chi connectivity index (χ2v) is 8.17. The van der Waals surface area contributed by atoms with Gasteiger partial charge in [0.2, 0.25) is 5.91 Å². The molecule has 2 saturated heterocycles. The van der Waals surface area contributed by atoms with Gasteiger partial charge in [-0.25, -0.2) is 4.79 Å². The number of ether oxygens (including phenoxy) is 2. The van der Waals surface area contributed by atoms with Crippen LogP contribution in [0.1, 0.15) is 32.1 Å². The fourth-order valence-electron chi connectivity index (χ4n) is 3.82. The molecular weight excluding hydrogens is 410 g/mol. The van der Waals surface area contributed by atoms with Gasteiger partial charge < -0.3 is 30.5 Å². The lowest BCUT2D eigenvalue weighted by molar-refractivity contribution is -0.134. The number of aliphatic hydroxyl groups is 1. The molecule has 3 amide bonds. The zero-order chi connectivity index (χ0) is 21.3. The van der Waals surface area contributed by atoms with Crippen LogP contribution in [-0.4, -0.2) is 61.7 Å². The number of nitrogens with one attached hydrogen (secondary N) is 3. The summed E-state index contributed by atoms with van der Waals surface area (Å²) in [4.78, 5) is 24.5. The Labute approximate surface area is 181 Å². The minimum Gasteiger partial charge on any atom is -0.394 e. The minimum atomic E-state index is -0.435. The predicted octanol–water partition coefficient (Wildman–Crippen LogP) is 2.30. The quantitative estimate of drug-likeness (QED) is 0.521. The van der Waals surface area contributed by atoms with Crippen LogP contribution < -0.4 is 16.0 Å². The van der Waals surface area contributed by atoms with Crippen LogP contribution in [0.3, 0.4) is 0 Å². The Morgan fingerprint density at radius 2 is 1.83 bits per heavy atom. The fourth-order valence-corrected chi connectivity index (χ4v) is 3.95. The third kappa shape index (κ3) is 6.84. The number of rotatable bonds is 7. The first-order valence-electron chi connectivity index (χ1n) is 10.5. The van der Waals surface area contributed by atoms with Crippen molar-refractivity contribution in [3.8, 4) is 0 Å². The molecule has 4 N–H and O–H groups in total. The van der Waals surface area contributed by atoms with E-state index >= 15 is 0 Å². The Bertz CT molecular complexity index is 696. The van der Waals surface area contributed by atoms with Crippen molar-refractivity contribution in [1.82, 2.24) is 10.6 Å². The third-order valence-corrected chi connectivity index (χ3v) is 5.82. The van der Waals surface area contributed by atoms with Crippen molar-refractivity contribution in [2.24, 2.45) is 5.92 Å². The van der Waals surface area contributed by atoms with E-state index in [-0.39, 0.29) is 36.6 Å². The molecule has 2 fully saturated rings. The molecule has 0 aliphatic carbocycles. The monoisotopic (exact) mass is 439 g/mol. The van der Waals surface area contributed by atoms with Crippen LogP contribution in [0, 0.1) is 5.92 Å². The van der Waals surface area contributed by atoms with Crippen molar-refractivity contribution in [2.45, 2.75) is 50.4 Å². The number of halogens is 1. The lowest BCUT2D eigenvalue weighted by Crippen LogP contribution is -2.52. The standard InChI is InChI=1S/C21H30ClN3O5/c22-15-1-3-16(4-2-15)24-21(28)23-10-7-17-5-6-18(19(13-26)30-17)25-20(27)14-8-11-29-12-9-14/h1-4,14,17-19,26H,5-13H2,(H,25,27)(H2,23,24,28)/t17-,18-,19-/m1/s1. The molecule has 9 heteroatoms. The summed E-state index contributed by atoms with van der Waals surface area (Å²) in [5, 5.41) is 18.9. The van der Waals surface area contributed by atoms with Crippen molar-refractivity contribution < 1.29 is 24.2 Å². The molecule has 0 saturated carbocycles. The Morgan fingerprint density at radius 1 is 1.10 bits per heavy atom. The molecule has 0 radical (unpaired) electrons. The fraction of sp³-hybridized carbons (Fsp3) is 0.619.